The van der Waals surface area contributed by atoms with Crippen LogP contribution in [0.25, 0.3) is 10.8 Å². The summed E-state index contributed by atoms with van der Waals surface area (Å²) >= 11 is 0. The van der Waals surface area contributed by atoms with Gasteiger partial charge in [0.2, 0.25) is 33.6 Å². The van der Waals surface area contributed by atoms with Crippen LogP contribution in [0.4, 0.5) is 18.0 Å². The van der Waals surface area contributed by atoms with Crippen molar-refractivity contribution >= 4 is 44.6 Å². The van der Waals surface area contributed by atoms with Crippen molar-refractivity contribution < 1.29 is 55.3 Å². The molecular weight excluding hydrogens is 796 g/mol. The number of carboxylic acid groups (broad SMARTS) is 1. The number of ether oxygens (including phenoxy) is 2. The number of nitrogens with zero attached hydrogens (tertiary/aromatic N) is 3. The average Bonchev–Trinajstić information content (AvgIpc) is 4.04. The molecule has 4 heterocycles. The van der Waals surface area contributed by atoms with E-state index in [-0.39, 0.29) is 42.5 Å². The van der Waals surface area contributed by atoms with E-state index in [0.29, 0.717) is 57.4 Å². The van der Waals surface area contributed by atoms with Crippen molar-refractivity contribution in [2.75, 3.05) is 13.2 Å². The fraction of sp³-hybridized carbons (Fsp3) is 0.634. The monoisotopic (exact) mass is 847 g/mol. The maximum Gasteiger partial charge on any atom is 0.411 e. The number of aromatic nitrogens is 1. The normalized spacial score (nSPS) is 29.7. The SMILES string of the molecule is C[C@@H]1CCC=C[C@@H]2C[C@@]2(C(=O)NS(=O)(=O)C2(C)CC2)NC(=O)[C@@H]2C[C@@H](Oc3nc4c(c5ccccc35)CCCO4)CN2C(=O)[C@@H](N(C(=O)O)C(C)(C)C(F)(F)F)[C@H](C)C1. The predicted molar refractivity (Wildman–Crippen MR) is 209 cm³/mol. The molecule has 14 nitrogen and oxygen atoms in total. The summed E-state index contributed by atoms with van der Waals surface area (Å²) in [6, 6.07) is 4.00. The number of amides is 4. The quantitative estimate of drug-likeness (QED) is 0.302. The number of pyridine rings is 1. The van der Waals surface area contributed by atoms with Gasteiger partial charge in [0.1, 0.15) is 29.3 Å². The minimum absolute atomic E-state index is 0.0563. The number of hydrogen-bond donors (Lipinski definition) is 3. The largest absolute Gasteiger partial charge is 0.477 e. The molecule has 4 amide bonds. The van der Waals surface area contributed by atoms with E-state index in [2.05, 4.69) is 15.0 Å². The molecule has 3 N–H and O–H groups in total. The van der Waals surface area contributed by atoms with Gasteiger partial charge in [0.25, 0.3) is 5.91 Å². The van der Waals surface area contributed by atoms with Crippen LogP contribution >= 0.6 is 0 Å². The molecule has 7 rings (SSSR count). The van der Waals surface area contributed by atoms with E-state index in [4.69, 9.17) is 9.47 Å². The van der Waals surface area contributed by atoms with Crippen molar-refractivity contribution in [2.24, 2.45) is 17.8 Å². The molecule has 2 saturated carbocycles. The molecule has 1 aromatic heterocycles. The van der Waals surface area contributed by atoms with E-state index in [1.165, 1.54) is 13.8 Å². The Kier molecular flexibility index (Phi) is 10.9. The number of allylic oxidation sites excluding steroid dienone is 1. The van der Waals surface area contributed by atoms with Gasteiger partial charge in [-0.1, -0.05) is 44.2 Å². The molecule has 2 aliphatic carbocycles. The highest BCUT2D eigenvalue weighted by Crippen LogP contribution is 2.48. The number of carbonyl (C=O) groups is 4. The lowest BCUT2D eigenvalue weighted by Crippen LogP contribution is -2.66. The zero-order chi connectivity index (χ0) is 42.9. The summed E-state index contributed by atoms with van der Waals surface area (Å²) in [5.41, 5.74) is -3.85. The summed E-state index contributed by atoms with van der Waals surface area (Å²) in [4.78, 5) is 62.5. The Bertz CT molecular complexity index is 2180. The summed E-state index contributed by atoms with van der Waals surface area (Å²) in [5.74, 6) is -4.06. The second kappa shape index (κ2) is 15.1. The van der Waals surface area contributed by atoms with E-state index in [0.717, 1.165) is 28.7 Å². The summed E-state index contributed by atoms with van der Waals surface area (Å²) < 4.78 is 84.1. The molecule has 0 unspecified atom stereocenters. The first-order valence-corrected chi connectivity index (χ1v) is 21.7. The molecule has 0 bridgehead atoms. The molecule has 1 aromatic carbocycles. The van der Waals surface area contributed by atoms with Crippen LogP contribution in [-0.2, 0) is 30.8 Å². The van der Waals surface area contributed by atoms with Crippen molar-refractivity contribution in [1.82, 2.24) is 24.8 Å². The van der Waals surface area contributed by atoms with E-state index in [1.807, 2.05) is 25.1 Å². The Morgan fingerprint density at radius 2 is 1.81 bits per heavy atom. The van der Waals surface area contributed by atoms with Crippen LogP contribution < -0.4 is 19.5 Å². The van der Waals surface area contributed by atoms with Crippen LogP contribution in [0, 0.1) is 17.8 Å². The summed E-state index contributed by atoms with van der Waals surface area (Å²) in [6.45, 7) is 6.40. The first-order chi connectivity index (χ1) is 27.6. The zero-order valence-corrected chi connectivity index (χ0v) is 34.6. The Hall–Kier alpha value is -4.61. The highest BCUT2D eigenvalue weighted by atomic mass is 32.2. The lowest BCUT2D eigenvalue weighted by atomic mass is 9.85. The molecule has 322 valence electrons. The highest BCUT2D eigenvalue weighted by Gasteiger charge is 2.64. The number of rotatable bonds is 7. The maximum absolute atomic E-state index is 15.1. The van der Waals surface area contributed by atoms with Crippen LogP contribution in [0.2, 0.25) is 0 Å². The average molecular weight is 848 g/mol. The fourth-order valence-corrected chi connectivity index (χ4v) is 10.2. The van der Waals surface area contributed by atoms with Gasteiger partial charge >= 0.3 is 12.3 Å². The van der Waals surface area contributed by atoms with Crippen LogP contribution in [0.5, 0.6) is 11.8 Å². The Labute approximate surface area is 341 Å². The number of sulfonamides is 1. The van der Waals surface area contributed by atoms with Gasteiger partial charge < -0.3 is 24.8 Å². The lowest BCUT2D eigenvalue weighted by Gasteiger charge is -2.45. The number of nitrogens with one attached hydrogen (secondary N) is 2. The summed E-state index contributed by atoms with van der Waals surface area (Å²) in [5, 5.41) is 14.7. The standard InChI is InChI=1S/C41H52F3N5O9S/c1-23-11-6-7-12-25-21-40(25,36(52)47-59(55,56)39(5)16-17-39)46-32(50)30-20-26(58-34-29-14-9-8-13-27(29)28-15-10-18-57-33(28)45-34)22-48(30)35(51)31(24(2)19-23)49(37(53)54)38(3,4)41(42,43)44/h7-9,12-14,23-26,30-31H,6,10-11,15-22H2,1-5H3,(H,46,50)(H,47,52)(H,53,54)/t23-,24-,25-,26-,30+,31+,40-/m1/s1. The molecule has 1 saturated heterocycles. The van der Waals surface area contributed by atoms with Crippen molar-refractivity contribution in [2.45, 2.75) is 133 Å². The van der Waals surface area contributed by atoms with E-state index in [1.54, 1.807) is 18.2 Å². The molecule has 2 aromatic rings. The Morgan fingerprint density at radius 3 is 2.47 bits per heavy atom. The van der Waals surface area contributed by atoms with Gasteiger partial charge in [-0.25, -0.2) is 13.2 Å². The van der Waals surface area contributed by atoms with Gasteiger partial charge in [0, 0.05) is 23.3 Å². The number of hydrogen-bond acceptors (Lipinski definition) is 9. The molecule has 0 radical (unpaired) electrons. The topological polar surface area (TPSA) is 185 Å². The van der Waals surface area contributed by atoms with Gasteiger partial charge in [0.05, 0.1) is 17.9 Å². The maximum atomic E-state index is 15.1. The fourth-order valence-electron chi connectivity index (χ4n) is 8.88. The zero-order valence-electron chi connectivity index (χ0n) is 33.8. The molecule has 3 aliphatic heterocycles. The third-order valence-electron chi connectivity index (χ3n) is 13.0. The number of carbonyl (C=O) groups excluding carboxylic acids is 3. The third-order valence-corrected chi connectivity index (χ3v) is 15.2. The van der Waals surface area contributed by atoms with Crippen LogP contribution in [0.3, 0.4) is 0 Å². The number of halogens is 3. The Morgan fingerprint density at radius 1 is 1.12 bits per heavy atom. The minimum atomic E-state index is -5.09. The lowest BCUT2D eigenvalue weighted by molar-refractivity contribution is -0.222. The second-order valence-electron chi connectivity index (χ2n) is 17.8. The van der Waals surface area contributed by atoms with Crippen molar-refractivity contribution in [3.63, 3.8) is 0 Å². The van der Waals surface area contributed by atoms with E-state index < -0.39 is 85.9 Å². The van der Waals surface area contributed by atoms with Gasteiger partial charge in [-0.2, -0.15) is 18.2 Å². The van der Waals surface area contributed by atoms with Crippen molar-refractivity contribution in [3.05, 3.63) is 42.0 Å². The molecule has 59 heavy (non-hydrogen) atoms. The van der Waals surface area contributed by atoms with Gasteiger partial charge in [-0.15, -0.1) is 0 Å². The molecule has 18 heteroatoms. The molecule has 3 fully saturated rings. The van der Waals surface area contributed by atoms with Gasteiger partial charge in [-0.3, -0.25) is 24.0 Å². The first-order valence-electron chi connectivity index (χ1n) is 20.3. The minimum Gasteiger partial charge on any atom is -0.477 e. The van der Waals surface area contributed by atoms with E-state index in [9.17, 15) is 41.1 Å². The summed E-state index contributed by atoms with van der Waals surface area (Å²) in [7, 11) is -4.12. The first kappa shape index (κ1) is 42.5. The van der Waals surface area contributed by atoms with E-state index >= 15 is 4.79 Å². The number of benzene rings is 1. The highest BCUT2D eigenvalue weighted by molar-refractivity contribution is 7.91. The third kappa shape index (κ3) is 7.81. The van der Waals surface area contributed by atoms with Crippen LogP contribution in [0.1, 0.15) is 91.5 Å². The molecule has 7 atom stereocenters. The molecular formula is C41H52F3N5O9S. The smallest absolute Gasteiger partial charge is 0.411 e. The van der Waals surface area contributed by atoms with Crippen molar-refractivity contribution in [3.8, 4) is 11.8 Å². The summed E-state index contributed by atoms with van der Waals surface area (Å²) in [6.07, 6.45) is -1.27. The second-order valence-corrected chi connectivity index (χ2v) is 20.0. The predicted octanol–water partition coefficient (Wildman–Crippen LogP) is 5.48. The van der Waals surface area contributed by atoms with Crippen LogP contribution in [-0.4, -0.2) is 105 Å². The van der Waals surface area contributed by atoms with Gasteiger partial charge in [0.15, 0.2) is 0 Å². The Balaban J connectivity index is 1.30. The van der Waals surface area contributed by atoms with Crippen LogP contribution in [0.15, 0.2) is 36.4 Å². The number of fused-ring (bicyclic) bond motifs is 5. The number of alkyl halides is 3. The van der Waals surface area contributed by atoms with Gasteiger partial charge in [-0.05, 0) is 95.4 Å². The van der Waals surface area contributed by atoms with Crippen molar-refractivity contribution in [1.29, 1.82) is 0 Å². The molecule has 5 aliphatic rings. The molecule has 0 spiro atoms. The number of aryl methyl sites for hydroxylation is 1.